The maximum Gasteiger partial charge on any atom is 0.220 e. The lowest BCUT2D eigenvalue weighted by Gasteiger charge is -2.39. The highest BCUT2D eigenvalue weighted by molar-refractivity contribution is 5.76. The fourth-order valence-electron chi connectivity index (χ4n) is 2.99. The van der Waals surface area contributed by atoms with Crippen molar-refractivity contribution in [3.63, 3.8) is 0 Å². The molecular formula is C16H32N2O. The first-order valence-corrected chi connectivity index (χ1v) is 7.88. The van der Waals surface area contributed by atoms with E-state index < -0.39 is 0 Å². The molecule has 0 aromatic heterocycles. The maximum atomic E-state index is 11.8. The van der Waals surface area contributed by atoms with Gasteiger partial charge in [0, 0.05) is 12.5 Å². The molecule has 0 aromatic rings. The third-order valence-electron chi connectivity index (χ3n) is 5.04. The van der Waals surface area contributed by atoms with Crippen molar-refractivity contribution in [1.29, 1.82) is 0 Å². The van der Waals surface area contributed by atoms with Crippen molar-refractivity contribution in [2.45, 2.75) is 72.3 Å². The van der Waals surface area contributed by atoms with Gasteiger partial charge in [-0.2, -0.15) is 0 Å². The Hall–Kier alpha value is -0.570. The van der Waals surface area contributed by atoms with Crippen molar-refractivity contribution in [1.82, 2.24) is 5.32 Å². The fourth-order valence-corrected chi connectivity index (χ4v) is 2.99. The van der Waals surface area contributed by atoms with E-state index in [4.69, 9.17) is 5.73 Å². The van der Waals surface area contributed by atoms with E-state index in [1.54, 1.807) is 0 Å². The molecule has 3 nitrogen and oxygen atoms in total. The molecule has 112 valence electrons. The van der Waals surface area contributed by atoms with Crippen LogP contribution in [0.25, 0.3) is 0 Å². The Labute approximate surface area is 118 Å². The smallest absolute Gasteiger partial charge is 0.220 e. The van der Waals surface area contributed by atoms with Gasteiger partial charge >= 0.3 is 0 Å². The Bertz CT molecular complexity index is 280. The lowest BCUT2D eigenvalue weighted by Crippen LogP contribution is -2.40. The molecule has 1 amide bonds. The molecule has 0 aliphatic heterocycles. The monoisotopic (exact) mass is 268 g/mol. The van der Waals surface area contributed by atoms with E-state index >= 15 is 0 Å². The van der Waals surface area contributed by atoms with E-state index in [0.29, 0.717) is 24.4 Å². The van der Waals surface area contributed by atoms with E-state index in [-0.39, 0.29) is 11.8 Å². The minimum absolute atomic E-state index is 0.177. The van der Waals surface area contributed by atoms with Crippen LogP contribution in [0.2, 0.25) is 0 Å². The average Bonchev–Trinajstić information content (AvgIpc) is 2.39. The van der Waals surface area contributed by atoms with E-state index in [1.807, 2.05) is 6.92 Å². The molecule has 0 heterocycles. The van der Waals surface area contributed by atoms with E-state index in [1.165, 1.54) is 19.3 Å². The van der Waals surface area contributed by atoms with Crippen LogP contribution in [0.5, 0.6) is 0 Å². The molecule has 0 aromatic carbocycles. The Kier molecular flexibility index (Phi) is 6.31. The van der Waals surface area contributed by atoms with Gasteiger partial charge in [-0.15, -0.1) is 0 Å². The third kappa shape index (κ3) is 5.13. The predicted octanol–water partition coefficient (Wildman–Crippen LogP) is 3.08. The molecule has 0 bridgehead atoms. The lowest BCUT2D eigenvalue weighted by molar-refractivity contribution is -0.122. The number of carbonyl (C=O) groups is 1. The highest BCUT2D eigenvalue weighted by Gasteiger charge is 2.32. The van der Waals surface area contributed by atoms with Gasteiger partial charge in [-0.05, 0) is 49.5 Å². The molecule has 3 heteroatoms. The quantitative estimate of drug-likeness (QED) is 0.778. The van der Waals surface area contributed by atoms with Crippen molar-refractivity contribution >= 4 is 5.91 Å². The summed E-state index contributed by atoms with van der Waals surface area (Å²) in [6.07, 6.45) is 6.57. The summed E-state index contributed by atoms with van der Waals surface area (Å²) in [6.45, 7) is 9.65. The molecule has 19 heavy (non-hydrogen) atoms. The van der Waals surface area contributed by atoms with E-state index in [9.17, 15) is 4.79 Å². The topological polar surface area (TPSA) is 55.1 Å². The van der Waals surface area contributed by atoms with Crippen LogP contribution in [-0.2, 0) is 4.79 Å². The number of hydrogen-bond donors (Lipinski definition) is 2. The molecule has 0 spiro atoms. The zero-order chi connectivity index (χ0) is 14.5. The van der Waals surface area contributed by atoms with Crippen LogP contribution < -0.4 is 11.1 Å². The summed E-state index contributed by atoms with van der Waals surface area (Å²) >= 11 is 0. The van der Waals surface area contributed by atoms with Crippen molar-refractivity contribution in [2.24, 2.45) is 23.0 Å². The number of carbonyl (C=O) groups excluding carboxylic acids is 1. The van der Waals surface area contributed by atoms with Crippen LogP contribution in [0.15, 0.2) is 0 Å². The van der Waals surface area contributed by atoms with Crippen LogP contribution in [0.4, 0.5) is 0 Å². The van der Waals surface area contributed by atoms with Gasteiger partial charge in [0.1, 0.15) is 0 Å². The second-order valence-electron chi connectivity index (χ2n) is 7.00. The summed E-state index contributed by atoms with van der Waals surface area (Å²) < 4.78 is 0. The van der Waals surface area contributed by atoms with Crippen molar-refractivity contribution in [2.75, 3.05) is 6.54 Å². The standard InChI is InChI=1S/C16H32N2O/c1-5-16(3,4)13-6-8-14(9-7-13)18-15(19)10-12(2)11-17/h12-14H,5-11,17H2,1-4H3,(H,18,19). The van der Waals surface area contributed by atoms with Crippen LogP contribution in [0.3, 0.4) is 0 Å². The fraction of sp³-hybridized carbons (Fsp3) is 0.938. The normalized spacial score (nSPS) is 25.9. The van der Waals surface area contributed by atoms with E-state index in [2.05, 4.69) is 26.1 Å². The highest BCUT2D eigenvalue weighted by Crippen LogP contribution is 2.40. The summed E-state index contributed by atoms with van der Waals surface area (Å²) in [5.74, 6) is 1.28. The minimum atomic E-state index is 0.177. The van der Waals surface area contributed by atoms with Gasteiger partial charge < -0.3 is 11.1 Å². The molecule has 1 fully saturated rings. The van der Waals surface area contributed by atoms with Gasteiger partial charge in [-0.1, -0.05) is 34.1 Å². The SMILES string of the molecule is CCC(C)(C)C1CCC(NC(=O)CC(C)CN)CC1. The maximum absolute atomic E-state index is 11.8. The summed E-state index contributed by atoms with van der Waals surface area (Å²) in [6, 6.07) is 0.390. The van der Waals surface area contributed by atoms with Gasteiger partial charge in [-0.25, -0.2) is 0 Å². The summed E-state index contributed by atoms with van der Waals surface area (Å²) in [5.41, 5.74) is 6.00. The highest BCUT2D eigenvalue weighted by atomic mass is 16.1. The summed E-state index contributed by atoms with van der Waals surface area (Å²) in [4.78, 5) is 11.8. The molecule has 1 saturated carbocycles. The Balaban J connectivity index is 2.32. The molecule has 0 radical (unpaired) electrons. The predicted molar refractivity (Wildman–Crippen MR) is 80.8 cm³/mol. The second-order valence-corrected chi connectivity index (χ2v) is 7.00. The molecular weight excluding hydrogens is 236 g/mol. The second kappa shape index (κ2) is 7.28. The van der Waals surface area contributed by atoms with E-state index in [0.717, 1.165) is 18.8 Å². The Morgan fingerprint density at radius 2 is 1.89 bits per heavy atom. The molecule has 3 N–H and O–H groups in total. The Morgan fingerprint density at radius 3 is 2.37 bits per heavy atom. The summed E-state index contributed by atoms with van der Waals surface area (Å²) in [5, 5.41) is 3.18. The summed E-state index contributed by atoms with van der Waals surface area (Å²) in [7, 11) is 0. The minimum Gasteiger partial charge on any atom is -0.353 e. The van der Waals surface area contributed by atoms with Gasteiger partial charge in [0.25, 0.3) is 0 Å². The molecule has 1 atom stereocenters. The largest absolute Gasteiger partial charge is 0.353 e. The van der Waals surface area contributed by atoms with Crippen LogP contribution >= 0.6 is 0 Å². The first-order valence-electron chi connectivity index (χ1n) is 7.88. The van der Waals surface area contributed by atoms with Crippen LogP contribution in [-0.4, -0.2) is 18.5 Å². The molecule has 1 rings (SSSR count). The van der Waals surface area contributed by atoms with Crippen LogP contribution in [0, 0.1) is 17.3 Å². The lowest BCUT2D eigenvalue weighted by atomic mass is 9.69. The number of rotatable bonds is 6. The van der Waals surface area contributed by atoms with Crippen molar-refractivity contribution < 1.29 is 4.79 Å². The zero-order valence-corrected chi connectivity index (χ0v) is 13.2. The van der Waals surface area contributed by atoms with Crippen molar-refractivity contribution in [3.8, 4) is 0 Å². The van der Waals surface area contributed by atoms with Gasteiger partial charge in [-0.3, -0.25) is 4.79 Å². The number of nitrogens with one attached hydrogen (secondary N) is 1. The van der Waals surface area contributed by atoms with Crippen molar-refractivity contribution in [3.05, 3.63) is 0 Å². The molecule has 1 unspecified atom stereocenters. The third-order valence-corrected chi connectivity index (χ3v) is 5.04. The zero-order valence-electron chi connectivity index (χ0n) is 13.2. The van der Waals surface area contributed by atoms with Crippen LogP contribution in [0.1, 0.15) is 66.2 Å². The van der Waals surface area contributed by atoms with Gasteiger partial charge in [0.05, 0.1) is 0 Å². The number of amides is 1. The first kappa shape index (κ1) is 16.5. The molecule has 0 saturated heterocycles. The first-order chi connectivity index (χ1) is 8.89. The molecule has 1 aliphatic rings. The number of hydrogen-bond acceptors (Lipinski definition) is 2. The number of nitrogens with two attached hydrogens (primary N) is 1. The average molecular weight is 268 g/mol. The van der Waals surface area contributed by atoms with Gasteiger partial charge in [0.15, 0.2) is 0 Å². The Morgan fingerprint density at radius 1 is 1.32 bits per heavy atom. The molecule has 1 aliphatic carbocycles. The van der Waals surface area contributed by atoms with Gasteiger partial charge in [0.2, 0.25) is 5.91 Å².